The predicted molar refractivity (Wildman–Crippen MR) is 68.1 cm³/mol. The second kappa shape index (κ2) is 5.40. The molecular formula is C13H20N4O. The highest BCUT2D eigenvalue weighted by Gasteiger charge is 2.25. The summed E-state index contributed by atoms with van der Waals surface area (Å²) in [6.45, 7) is 1.82. The first-order chi connectivity index (χ1) is 8.63. The summed E-state index contributed by atoms with van der Waals surface area (Å²) in [4.78, 5) is 0. The standard InChI is InChI=1S/C13H20N4O/c1-9-10(8-14)13(17(2)16-9)18-12-7-5-3-4-6-11(12)15/h11-12H,3-7,15H2,1-2H3. The van der Waals surface area contributed by atoms with Gasteiger partial charge < -0.3 is 10.5 Å². The summed E-state index contributed by atoms with van der Waals surface area (Å²) in [7, 11) is 1.80. The lowest BCUT2D eigenvalue weighted by Crippen LogP contribution is -2.38. The largest absolute Gasteiger partial charge is 0.472 e. The van der Waals surface area contributed by atoms with Crippen LogP contribution < -0.4 is 10.5 Å². The summed E-state index contributed by atoms with van der Waals surface area (Å²) in [5, 5.41) is 13.4. The summed E-state index contributed by atoms with van der Waals surface area (Å²) >= 11 is 0. The van der Waals surface area contributed by atoms with E-state index in [1.54, 1.807) is 11.7 Å². The van der Waals surface area contributed by atoms with Gasteiger partial charge in [0, 0.05) is 13.1 Å². The molecule has 0 saturated heterocycles. The van der Waals surface area contributed by atoms with Gasteiger partial charge >= 0.3 is 0 Å². The lowest BCUT2D eigenvalue weighted by Gasteiger charge is -2.22. The van der Waals surface area contributed by atoms with Crippen molar-refractivity contribution in [3.63, 3.8) is 0 Å². The van der Waals surface area contributed by atoms with Crippen LogP contribution in [0, 0.1) is 18.3 Å². The van der Waals surface area contributed by atoms with E-state index in [0.717, 1.165) is 25.7 Å². The Kier molecular flexibility index (Phi) is 3.87. The Labute approximate surface area is 108 Å². The van der Waals surface area contributed by atoms with Gasteiger partial charge in [-0.05, 0) is 26.2 Å². The third-order valence-corrected chi connectivity index (χ3v) is 3.55. The van der Waals surface area contributed by atoms with Crippen LogP contribution in [0.25, 0.3) is 0 Å². The molecule has 2 unspecified atom stereocenters. The zero-order valence-electron chi connectivity index (χ0n) is 11.0. The van der Waals surface area contributed by atoms with E-state index in [1.807, 2.05) is 6.92 Å². The van der Waals surface area contributed by atoms with Crippen LogP contribution in [0.15, 0.2) is 0 Å². The summed E-state index contributed by atoms with van der Waals surface area (Å²) in [6, 6.07) is 2.21. The minimum Gasteiger partial charge on any atom is -0.472 e. The van der Waals surface area contributed by atoms with E-state index >= 15 is 0 Å². The SMILES string of the molecule is Cc1nn(C)c(OC2CCCCCC2N)c1C#N. The average molecular weight is 248 g/mol. The number of nitriles is 1. The Hall–Kier alpha value is -1.54. The van der Waals surface area contributed by atoms with Gasteiger partial charge in [0.05, 0.1) is 5.69 Å². The molecule has 1 aromatic heterocycles. The molecule has 1 saturated carbocycles. The monoisotopic (exact) mass is 248 g/mol. The Morgan fingerprint density at radius 1 is 1.39 bits per heavy atom. The summed E-state index contributed by atoms with van der Waals surface area (Å²) in [5.74, 6) is 0.553. The number of aryl methyl sites for hydroxylation is 2. The van der Waals surface area contributed by atoms with Crippen LogP contribution in [0.4, 0.5) is 0 Å². The molecule has 0 amide bonds. The highest BCUT2D eigenvalue weighted by atomic mass is 16.5. The van der Waals surface area contributed by atoms with Crippen LogP contribution in [-0.4, -0.2) is 21.9 Å². The molecule has 1 fully saturated rings. The molecule has 2 atom stereocenters. The van der Waals surface area contributed by atoms with Crippen molar-refractivity contribution in [2.75, 3.05) is 0 Å². The molecule has 2 N–H and O–H groups in total. The maximum absolute atomic E-state index is 9.15. The first kappa shape index (κ1) is 12.9. The van der Waals surface area contributed by atoms with Crippen molar-refractivity contribution in [3.8, 4) is 11.9 Å². The lowest BCUT2D eigenvalue weighted by atomic mass is 10.1. The Morgan fingerprint density at radius 2 is 2.11 bits per heavy atom. The van der Waals surface area contributed by atoms with Gasteiger partial charge in [0.15, 0.2) is 0 Å². The molecule has 18 heavy (non-hydrogen) atoms. The first-order valence-corrected chi connectivity index (χ1v) is 6.49. The van der Waals surface area contributed by atoms with Crippen LogP contribution in [0.1, 0.15) is 43.4 Å². The normalized spacial score (nSPS) is 24.3. The van der Waals surface area contributed by atoms with Crippen LogP contribution >= 0.6 is 0 Å². The molecule has 0 aliphatic heterocycles. The maximum Gasteiger partial charge on any atom is 0.230 e. The second-order valence-corrected chi connectivity index (χ2v) is 4.96. The number of ether oxygens (including phenoxy) is 1. The minimum absolute atomic E-state index is 0.00519. The first-order valence-electron chi connectivity index (χ1n) is 6.49. The van der Waals surface area contributed by atoms with E-state index in [9.17, 15) is 0 Å². The van der Waals surface area contributed by atoms with Gasteiger partial charge in [0.25, 0.3) is 0 Å². The van der Waals surface area contributed by atoms with Crippen LogP contribution in [-0.2, 0) is 7.05 Å². The van der Waals surface area contributed by atoms with E-state index in [-0.39, 0.29) is 12.1 Å². The van der Waals surface area contributed by atoms with Crippen LogP contribution in [0.2, 0.25) is 0 Å². The summed E-state index contributed by atoms with van der Waals surface area (Å²) < 4.78 is 7.60. The third kappa shape index (κ3) is 2.49. The van der Waals surface area contributed by atoms with Crippen molar-refractivity contribution < 1.29 is 4.74 Å². The van der Waals surface area contributed by atoms with Crippen LogP contribution in [0.5, 0.6) is 5.88 Å². The van der Waals surface area contributed by atoms with Crippen molar-refractivity contribution in [3.05, 3.63) is 11.3 Å². The second-order valence-electron chi connectivity index (χ2n) is 4.96. The lowest BCUT2D eigenvalue weighted by molar-refractivity contribution is 0.148. The van der Waals surface area contributed by atoms with Gasteiger partial charge in [-0.3, -0.25) is 0 Å². The van der Waals surface area contributed by atoms with Crippen molar-refractivity contribution >= 4 is 0 Å². The topological polar surface area (TPSA) is 76.9 Å². The smallest absolute Gasteiger partial charge is 0.230 e. The molecule has 5 heteroatoms. The van der Waals surface area contributed by atoms with Crippen molar-refractivity contribution in [2.24, 2.45) is 12.8 Å². The minimum atomic E-state index is -0.00519. The van der Waals surface area contributed by atoms with Crippen LogP contribution in [0.3, 0.4) is 0 Å². The molecule has 5 nitrogen and oxygen atoms in total. The van der Waals surface area contributed by atoms with E-state index in [4.69, 9.17) is 15.7 Å². The van der Waals surface area contributed by atoms with Gasteiger partial charge in [-0.15, -0.1) is 0 Å². The molecular weight excluding hydrogens is 228 g/mol. The Bertz CT molecular complexity index is 460. The summed E-state index contributed by atoms with van der Waals surface area (Å²) in [6.07, 6.45) is 5.45. The van der Waals surface area contributed by atoms with Crippen molar-refractivity contribution in [1.82, 2.24) is 9.78 Å². The quantitative estimate of drug-likeness (QED) is 0.807. The van der Waals surface area contributed by atoms with Crippen molar-refractivity contribution in [2.45, 2.75) is 51.2 Å². The van der Waals surface area contributed by atoms with E-state index in [1.165, 1.54) is 6.42 Å². The number of rotatable bonds is 2. The number of hydrogen-bond donors (Lipinski definition) is 1. The Balaban J connectivity index is 2.20. The highest BCUT2D eigenvalue weighted by molar-refractivity contribution is 5.42. The number of nitrogens with two attached hydrogens (primary N) is 1. The fraction of sp³-hybridized carbons (Fsp3) is 0.692. The fourth-order valence-electron chi connectivity index (χ4n) is 2.49. The molecule has 0 radical (unpaired) electrons. The van der Waals surface area contributed by atoms with Gasteiger partial charge in [-0.2, -0.15) is 10.4 Å². The number of hydrogen-bond acceptors (Lipinski definition) is 4. The van der Waals surface area contributed by atoms with E-state index in [0.29, 0.717) is 17.1 Å². The molecule has 1 aromatic rings. The predicted octanol–water partition coefficient (Wildman–Crippen LogP) is 1.64. The van der Waals surface area contributed by atoms with Gasteiger partial charge in [-0.1, -0.05) is 12.8 Å². The van der Waals surface area contributed by atoms with Gasteiger partial charge in [0.2, 0.25) is 5.88 Å². The molecule has 0 spiro atoms. The zero-order valence-corrected chi connectivity index (χ0v) is 11.0. The van der Waals surface area contributed by atoms with Crippen molar-refractivity contribution in [1.29, 1.82) is 5.26 Å². The molecule has 1 aliphatic rings. The molecule has 1 aliphatic carbocycles. The molecule has 2 rings (SSSR count). The zero-order chi connectivity index (χ0) is 13.1. The van der Waals surface area contributed by atoms with E-state index in [2.05, 4.69) is 11.2 Å². The molecule has 1 heterocycles. The van der Waals surface area contributed by atoms with E-state index < -0.39 is 0 Å². The number of nitrogens with zero attached hydrogens (tertiary/aromatic N) is 3. The summed E-state index contributed by atoms with van der Waals surface area (Å²) in [5.41, 5.74) is 7.37. The molecule has 98 valence electrons. The Morgan fingerprint density at radius 3 is 2.83 bits per heavy atom. The van der Waals surface area contributed by atoms with Gasteiger partial charge in [-0.25, -0.2) is 4.68 Å². The fourth-order valence-corrected chi connectivity index (χ4v) is 2.49. The average Bonchev–Trinajstić information content (AvgIpc) is 2.49. The molecule has 0 bridgehead atoms. The maximum atomic E-state index is 9.15. The number of aromatic nitrogens is 2. The highest BCUT2D eigenvalue weighted by Crippen LogP contribution is 2.26. The molecule has 0 aromatic carbocycles. The third-order valence-electron chi connectivity index (χ3n) is 3.55. The van der Waals surface area contributed by atoms with Gasteiger partial charge in [0.1, 0.15) is 17.7 Å².